The summed E-state index contributed by atoms with van der Waals surface area (Å²) in [5.74, 6) is 3.48. The van der Waals surface area contributed by atoms with Crippen LogP contribution in [0.3, 0.4) is 0 Å². The number of hydrogen-bond donors (Lipinski definition) is 1. The Bertz CT molecular complexity index is 1070. The molecule has 0 bridgehead atoms. The van der Waals surface area contributed by atoms with Gasteiger partial charge in [-0.1, -0.05) is 43.8 Å². The van der Waals surface area contributed by atoms with Crippen molar-refractivity contribution in [2.75, 3.05) is 20.0 Å². The van der Waals surface area contributed by atoms with Crippen molar-refractivity contribution in [3.63, 3.8) is 0 Å². The highest BCUT2D eigenvalue weighted by Crippen LogP contribution is 2.27. The van der Waals surface area contributed by atoms with Gasteiger partial charge in [-0.15, -0.1) is 10.2 Å². The monoisotopic (exact) mass is 484 g/mol. The molecule has 0 radical (unpaired) electrons. The fraction of sp³-hybridized carbons (Fsp3) is 0.400. The summed E-state index contributed by atoms with van der Waals surface area (Å²) in [6.07, 6.45) is -0.323. The third-order valence-corrected chi connectivity index (χ3v) is 5.96. The second-order valence-electron chi connectivity index (χ2n) is 8.20. The van der Waals surface area contributed by atoms with Crippen molar-refractivity contribution < 1.29 is 19.0 Å². The third-order valence-electron chi connectivity index (χ3n) is 4.99. The number of nitrogens with one attached hydrogen (secondary N) is 1. The van der Waals surface area contributed by atoms with E-state index in [1.54, 1.807) is 14.2 Å². The molecule has 8 nitrogen and oxygen atoms in total. The molecule has 0 fully saturated rings. The van der Waals surface area contributed by atoms with Crippen LogP contribution in [0.2, 0.25) is 0 Å². The largest absolute Gasteiger partial charge is 0.497 e. The van der Waals surface area contributed by atoms with Gasteiger partial charge in [-0.25, -0.2) is 0 Å². The Kier molecular flexibility index (Phi) is 9.21. The van der Waals surface area contributed by atoms with Gasteiger partial charge in [0, 0.05) is 19.2 Å². The van der Waals surface area contributed by atoms with E-state index in [4.69, 9.17) is 14.2 Å². The second-order valence-corrected chi connectivity index (χ2v) is 9.14. The van der Waals surface area contributed by atoms with E-state index in [2.05, 4.69) is 29.4 Å². The summed E-state index contributed by atoms with van der Waals surface area (Å²) in [7, 11) is 3.25. The smallest absolute Gasteiger partial charge is 0.230 e. The van der Waals surface area contributed by atoms with E-state index in [-0.39, 0.29) is 17.8 Å². The second kappa shape index (κ2) is 12.3. The molecule has 0 saturated carbocycles. The molecule has 1 atom stereocenters. The first-order valence-electron chi connectivity index (χ1n) is 11.2. The summed E-state index contributed by atoms with van der Waals surface area (Å²) < 4.78 is 18.6. The van der Waals surface area contributed by atoms with E-state index in [1.807, 2.05) is 60.0 Å². The molecule has 1 unspecified atom stereocenters. The lowest BCUT2D eigenvalue weighted by Gasteiger charge is -2.18. The molecule has 0 spiro atoms. The first-order valence-corrected chi connectivity index (χ1v) is 12.1. The fourth-order valence-electron chi connectivity index (χ4n) is 3.30. The average molecular weight is 485 g/mol. The third kappa shape index (κ3) is 7.15. The molecule has 0 aliphatic carbocycles. The summed E-state index contributed by atoms with van der Waals surface area (Å²) in [6.45, 7) is 7.39. The summed E-state index contributed by atoms with van der Waals surface area (Å²) in [4.78, 5) is 12.4. The SMILES string of the molecule is COc1ccc(CNC(=O)CSc2nnc(C(C)Oc3cccc(OC)c3)n2CC(C)C)cc1. The lowest BCUT2D eigenvalue weighted by molar-refractivity contribution is -0.118. The molecule has 0 aliphatic heterocycles. The van der Waals surface area contributed by atoms with Crippen LogP contribution in [0.15, 0.2) is 53.7 Å². The summed E-state index contributed by atoms with van der Waals surface area (Å²) >= 11 is 1.37. The molecule has 1 amide bonds. The van der Waals surface area contributed by atoms with Gasteiger partial charge in [0.1, 0.15) is 17.2 Å². The molecule has 0 aliphatic rings. The number of amides is 1. The fourth-order valence-corrected chi connectivity index (χ4v) is 4.09. The average Bonchev–Trinajstić information content (AvgIpc) is 3.23. The van der Waals surface area contributed by atoms with Crippen molar-refractivity contribution >= 4 is 17.7 Å². The summed E-state index contributed by atoms with van der Waals surface area (Å²) in [5.41, 5.74) is 1.01. The van der Waals surface area contributed by atoms with Crippen molar-refractivity contribution in [2.45, 2.75) is 45.1 Å². The highest BCUT2D eigenvalue weighted by atomic mass is 32.2. The zero-order valence-electron chi connectivity index (χ0n) is 20.3. The van der Waals surface area contributed by atoms with Crippen LogP contribution in [0.1, 0.15) is 38.3 Å². The van der Waals surface area contributed by atoms with Crippen LogP contribution in [-0.4, -0.2) is 40.6 Å². The maximum atomic E-state index is 12.4. The highest BCUT2D eigenvalue weighted by Gasteiger charge is 2.21. The minimum absolute atomic E-state index is 0.0675. The van der Waals surface area contributed by atoms with Gasteiger partial charge < -0.3 is 24.1 Å². The number of carbonyl (C=O) groups is 1. The zero-order chi connectivity index (χ0) is 24.5. The Balaban J connectivity index is 1.62. The highest BCUT2D eigenvalue weighted by molar-refractivity contribution is 7.99. The normalized spacial score (nSPS) is 11.8. The number of hydrogen-bond acceptors (Lipinski definition) is 7. The number of benzene rings is 2. The van der Waals surface area contributed by atoms with Crippen molar-refractivity contribution in [3.05, 3.63) is 59.9 Å². The molecule has 1 N–H and O–H groups in total. The molecule has 2 aromatic carbocycles. The van der Waals surface area contributed by atoms with Crippen molar-refractivity contribution in [1.29, 1.82) is 0 Å². The van der Waals surface area contributed by atoms with Crippen LogP contribution < -0.4 is 19.5 Å². The van der Waals surface area contributed by atoms with Gasteiger partial charge in [-0.05, 0) is 42.7 Å². The number of thioether (sulfide) groups is 1. The topological polar surface area (TPSA) is 87.5 Å². The standard InChI is InChI=1S/C25H32N4O4S/c1-17(2)15-29-24(18(3)33-22-8-6-7-21(13-22)32-5)27-28-25(29)34-16-23(30)26-14-19-9-11-20(31-4)12-10-19/h6-13,17-18H,14-16H2,1-5H3,(H,26,30). The quantitative estimate of drug-likeness (QED) is 0.379. The first-order chi connectivity index (χ1) is 16.4. The Morgan fingerprint density at radius 3 is 2.38 bits per heavy atom. The van der Waals surface area contributed by atoms with Gasteiger partial charge in [0.15, 0.2) is 17.1 Å². The molecular weight excluding hydrogens is 452 g/mol. The Morgan fingerprint density at radius 1 is 1.00 bits per heavy atom. The molecule has 0 saturated heterocycles. The molecule has 34 heavy (non-hydrogen) atoms. The number of methoxy groups -OCH3 is 2. The minimum Gasteiger partial charge on any atom is -0.497 e. The number of nitrogens with zero attached hydrogens (tertiary/aromatic N) is 3. The van der Waals surface area contributed by atoms with E-state index in [1.165, 1.54) is 11.8 Å². The van der Waals surface area contributed by atoms with Crippen molar-refractivity contribution in [3.8, 4) is 17.2 Å². The molecule has 182 valence electrons. The number of carbonyl (C=O) groups excluding carboxylic acids is 1. The van der Waals surface area contributed by atoms with Crippen LogP contribution in [0.4, 0.5) is 0 Å². The van der Waals surface area contributed by atoms with Crippen LogP contribution in [-0.2, 0) is 17.9 Å². The predicted molar refractivity (Wildman–Crippen MR) is 132 cm³/mol. The number of rotatable bonds is 12. The Hall–Kier alpha value is -3.20. The van der Waals surface area contributed by atoms with Crippen LogP contribution in [0, 0.1) is 5.92 Å². The van der Waals surface area contributed by atoms with E-state index in [0.717, 1.165) is 29.4 Å². The molecule has 1 aromatic heterocycles. The molecular formula is C25H32N4O4S. The molecule has 3 rings (SSSR count). The van der Waals surface area contributed by atoms with E-state index >= 15 is 0 Å². The summed E-state index contributed by atoms with van der Waals surface area (Å²) in [6, 6.07) is 15.1. The maximum Gasteiger partial charge on any atom is 0.230 e. The Morgan fingerprint density at radius 2 is 1.71 bits per heavy atom. The van der Waals surface area contributed by atoms with Gasteiger partial charge in [-0.3, -0.25) is 4.79 Å². The number of ether oxygens (including phenoxy) is 3. The number of aromatic nitrogens is 3. The predicted octanol–water partition coefficient (Wildman–Crippen LogP) is 4.50. The van der Waals surface area contributed by atoms with Gasteiger partial charge in [0.2, 0.25) is 5.91 Å². The van der Waals surface area contributed by atoms with Gasteiger partial charge in [-0.2, -0.15) is 0 Å². The van der Waals surface area contributed by atoms with Crippen molar-refractivity contribution in [1.82, 2.24) is 20.1 Å². The molecule has 9 heteroatoms. The summed E-state index contributed by atoms with van der Waals surface area (Å²) in [5, 5.41) is 12.4. The van der Waals surface area contributed by atoms with Crippen LogP contribution in [0.5, 0.6) is 17.2 Å². The van der Waals surface area contributed by atoms with Gasteiger partial charge >= 0.3 is 0 Å². The Labute approximate surface area is 205 Å². The van der Waals surface area contributed by atoms with Gasteiger partial charge in [0.25, 0.3) is 0 Å². The van der Waals surface area contributed by atoms with Crippen LogP contribution in [0.25, 0.3) is 0 Å². The molecule has 1 heterocycles. The molecule has 3 aromatic rings. The van der Waals surface area contributed by atoms with E-state index in [0.29, 0.717) is 23.4 Å². The van der Waals surface area contributed by atoms with Gasteiger partial charge in [0.05, 0.1) is 20.0 Å². The lowest BCUT2D eigenvalue weighted by atomic mass is 10.2. The minimum atomic E-state index is -0.323. The first kappa shape index (κ1) is 25.4. The zero-order valence-corrected chi connectivity index (χ0v) is 21.1. The van der Waals surface area contributed by atoms with Crippen LogP contribution >= 0.6 is 11.8 Å². The lowest BCUT2D eigenvalue weighted by Crippen LogP contribution is -2.24. The van der Waals surface area contributed by atoms with E-state index in [9.17, 15) is 4.79 Å². The maximum absolute atomic E-state index is 12.4. The van der Waals surface area contributed by atoms with E-state index < -0.39 is 0 Å². The van der Waals surface area contributed by atoms with Crippen molar-refractivity contribution in [2.24, 2.45) is 5.92 Å².